The number of rotatable bonds is 5. The van der Waals surface area contributed by atoms with Crippen molar-refractivity contribution in [2.24, 2.45) is 0 Å². The Hall–Kier alpha value is -4.55. The molecule has 0 bridgehead atoms. The fourth-order valence-corrected chi connectivity index (χ4v) is 3.87. The monoisotopic (exact) mass is 491 g/mol. The van der Waals surface area contributed by atoms with E-state index in [1.807, 2.05) is 0 Å². The van der Waals surface area contributed by atoms with Gasteiger partial charge in [-0.05, 0) is 24.3 Å². The maximum atomic E-state index is 12.8. The summed E-state index contributed by atoms with van der Waals surface area (Å²) in [5.74, 6) is -1.47. The summed E-state index contributed by atoms with van der Waals surface area (Å²) >= 11 is 0. The molecule has 5 rings (SSSR count). The number of hydrogen-bond donors (Lipinski definition) is 4. The van der Waals surface area contributed by atoms with Crippen molar-refractivity contribution >= 4 is 29.1 Å². The molecule has 1 fully saturated rings. The number of carbonyl (C=O) groups excluding carboxylic acids is 2. The number of fused-ring (bicyclic) bond motifs is 1. The molecule has 0 saturated carbocycles. The lowest BCUT2D eigenvalue weighted by Gasteiger charge is -2.38. The minimum atomic E-state index is -1.48. The van der Waals surface area contributed by atoms with Crippen LogP contribution in [0.25, 0.3) is 11.2 Å². The molecule has 1 saturated heterocycles. The number of carbonyl (C=O) groups is 2. The van der Waals surface area contributed by atoms with Crippen LogP contribution in [0.4, 0.5) is 5.95 Å². The van der Waals surface area contributed by atoms with Crippen molar-refractivity contribution in [1.29, 1.82) is 0 Å². The van der Waals surface area contributed by atoms with Gasteiger partial charge in [0.25, 0.3) is 5.56 Å². The molecular weight excluding hydrogens is 470 g/mol. The van der Waals surface area contributed by atoms with Gasteiger partial charge in [0.15, 0.2) is 29.5 Å². The number of aromatic nitrogens is 4. The number of imidazole rings is 1. The van der Waals surface area contributed by atoms with Crippen LogP contribution in [0, 0.1) is 0 Å². The normalized spacial score (nSPS) is 21.7. The van der Waals surface area contributed by atoms with Crippen LogP contribution in [0.15, 0.2) is 65.5 Å². The zero-order valence-corrected chi connectivity index (χ0v) is 18.7. The highest BCUT2D eigenvalue weighted by molar-refractivity contribution is 5.90. The van der Waals surface area contributed by atoms with Gasteiger partial charge in [-0.3, -0.25) is 9.78 Å². The van der Waals surface area contributed by atoms with E-state index in [-0.39, 0.29) is 40.7 Å². The summed E-state index contributed by atoms with van der Waals surface area (Å²) in [6, 6.07) is 16.4. The summed E-state index contributed by atoms with van der Waals surface area (Å²) in [6.07, 6.45) is -5.11. The second kappa shape index (κ2) is 9.60. The Labute approximate surface area is 203 Å². The Kier molecular flexibility index (Phi) is 6.19. The first-order valence-electron chi connectivity index (χ1n) is 11.0. The number of nitrogens with two attached hydrogens (primary N) is 1. The molecule has 36 heavy (non-hydrogen) atoms. The van der Waals surface area contributed by atoms with E-state index in [4.69, 9.17) is 19.9 Å². The highest BCUT2D eigenvalue weighted by Crippen LogP contribution is 2.32. The molecule has 3 heterocycles. The maximum absolute atomic E-state index is 12.8. The third-order valence-corrected chi connectivity index (χ3v) is 5.64. The molecule has 1 aliphatic heterocycles. The lowest BCUT2D eigenvalue weighted by Crippen LogP contribution is -2.53. The first-order chi connectivity index (χ1) is 17.4. The van der Waals surface area contributed by atoms with Crippen molar-refractivity contribution in [2.45, 2.75) is 24.4 Å². The third kappa shape index (κ3) is 4.54. The predicted molar refractivity (Wildman–Crippen MR) is 125 cm³/mol. The van der Waals surface area contributed by atoms with E-state index in [1.165, 1.54) is 0 Å². The topological polar surface area (TPSA) is 183 Å². The summed E-state index contributed by atoms with van der Waals surface area (Å²) in [4.78, 5) is 51.0. The van der Waals surface area contributed by atoms with Crippen LogP contribution < -0.4 is 11.3 Å². The van der Waals surface area contributed by atoms with Crippen LogP contribution in [0.3, 0.4) is 0 Å². The minimum absolute atomic E-state index is 0.0232. The summed E-state index contributed by atoms with van der Waals surface area (Å²) in [6.45, 7) is -0.229. The SMILES string of the molecule is Nc1nc2nc([C@@H]3OC[C@@H](OC(=O)c4ccccc4)[C@@H](O)[C@H]3OC(=O)c3ccccc3)[nH]c2c(=O)[nH]1. The van der Waals surface area contributed by atoms with Crippen LogP contribution in [0.1, 0.15) is 32.6 Å². The standard InChI is InChI=1S/C24H21N5O7/c25-24-28-19-15(21(31)29-24)26-20(27-19)18-17(36-23(33)13-9-5-2-6-10-13)16(30)14(11-34-18)35-22(32)12-7-3-1-4-8-12/h1-10,14,16-18,30H,11H2,(H4,25,26,27,28,29,31)/t14-,16-,17-,18-/m1/s1. The van der Waals surface area contributed by atoms with E-state index in [1.54, 1.807) is 60.7 Å². The summed E-state index contributed by atoms with van der Waals surface area (Å²) < 4.78 is 16.9. The van der Waals surface area contributed by atoms with Gasteiger partial charge in [0.2, 0.25) is 5.95 Å². The van der Waals surface area contributed by atoms with Crippen molar-refractivity contribution < 1.29 is 28.9 Å². The molecule has 0 amide bonds. The lowest BCUT2D eigenvalue weighted by atomic mass is 9.98. The smallest absolute Gasteiger partial charge is 0.338 e. The van der Waals surface area contributed by atoms with Gasteiger partial charge in [0.05, 0.1) is 17.7 Å². The Morgan fingerprint density at radius 2 is 1.56 bits per heavy atom. The van der Waals surface area contributed by atoms with Gasteiger partial charge in [-0.1, -0.05) is 36.4 Å². The molecule has 12 nitrogen and oxygen atoms in total. The van der Waals surface area contributed by atoms with E-state index in [0.717, 1.165) is 0 Å². The molecule has 0 unspecified atom stereocenters. The first-order valence-corrected chi connectivity index (χ1v) is 11.0. The van der Waals surface area contributed by atoms with E-state index >= 15 is 0 Å². The number of aliphatic hydroxyl groups is 1. The van der Waals surface area contributed by atoms with Gasteiger partial charge in [0.1, 0.15) is 11.9 Å². The third-order valence-electron chi connectivity index (χ3n) is 5.64. The zero-order valence-electron chi connectivity index (χ0n) is 18.7. The van der Waals surface area contributed by atoms with Crippen molar-refractivity contribution in [3.05, 3.63) is 88.0 Å². The number of nitrogen functional groups attached to an aromatic ring is 1. The Balaban J connectivity index is 1.45. The van der Waals surface area contributed by atoms with Crippen molar-refractivity contribution in [2.75, 3.05) is 12.3 Å². The number of ether oxygens (including phenoxy) is 3. The molecule has 0 aliphatic carbocycles. The predicted octanol–water partition coefficient (Wildman–Crippen LogP) is 1.11. The number of esters is 2. The molecule has 1 aliphatic rings. The molecule has 4 atom stereocenters. The van der Waals surface area contributed by atoms with Gasteiger partial charge in [0, 0.05) is 0 Å². The number of aliphatic hydroxyl groups excluding tert-OH is 1. The zero-order chi connectivity index (χ0) is 25.2. The largest absolute Gasteiger partial charge is 0.453 e. The van der Waals surface area contributed by atoms with Crippen LogP contribution >= 0.6 is 0 Å². The molecule has 12 heteroatoms. The first kappa shape index (κ1) is 23.2. The molecule has 2 aromatic heterocycles. The molecular formula is C24H21N5O7. The van der Waals surface area contributed by atoms with E-state index < -0.39 is 41.9 Å². The number of nitrogens with one attached hydrogen (secondary N) is 2. The highest BCUT2D eigenvalue weighted by Gasteiger charge is 2.46. The van der Waals surface area contributed by atoms with Crippen LogP contribution in [0.5, 0.6) is 0 Å². The Morgan fingerprint density at radius 3 is 2.19 bits per heavy atom. The molecule has 5 N–H and O–H groups in total. The number of aromatic amines is 2. The van der Waals surface area contributed by atoms with Crippen molar-refractivity contribution in [3.8, 4) is 0 Å². The van der Waals surface area contributed by atoms with E-state index in [2.05, 4.69) is 19.9 Å². The van der Waals surface area contributed by atoms with Gasteiger partial charge < -0.3 is 30.0 Å². The number of H-pyrrole nitrogens is 2. The van der Waals surface area contributed by atoms with Gasteiger partial charge in [-0.25, -0.2) is 14.6 Å². The van der Waals surface area contributed by atoms with Gasteiger partial charge in [-0.15, -0.1) is 0 Å². The number of anilines is 1. The molecule has 0 radical (unpaired) electrons. The second-order valence-corrected chi connectivity index (χ2v) is 8.06. The van der Waals surface area contributed by atoms with E-state index in [0.29, 0.717) is 0 Å². The van der Waals surface area contributed by atoms with Crippen LogP contribution in [0.2, 0.25) is 0 Å². The quantitative estimate of drug-likeness (QED) is 0.295. The van der Waals surface area contributed by atoms with Crippen molar-refractivity contribution in [3.63, 3.8) is 0 Å². The maximum Gasteiger partial charge on any atom is 0.338 e. The average molecular weight is 491 g/mol. The summed E-state index contributed by atoms with van der Waals surface area (Å²) in [5, 5.41) is 11.1. The average Bonchev–Trinajstić information content (AvgIpc) is 3.31. The summed E-state index contributed by atoms with van der Waals surface area (Å²) in [7, 11) is 0. The molecule has 0 spiro atoms. The Bertz CT molecular complexity index is 1450. The summed E-state index contributed by atoms with van der Waals surface area (Å²) in [5.41, 5.74) is 5.61. The van der Waals surface area contributed by atoms with Crippen LogP contribution in [-0.4, -0.2) is 61.9 Å². The van der Waals surface area contributed by atoms with Gasteiger partial charge in [-0.2, -0.15) is 4.98 Å². The fourth-order valence-electron chi connectivity index (χ4n) is 3.87. The fraction of sp³-hybridized carbons (Fsp3) is 0.208. The van der Waals surface area contributed by atoms with Crippen molar-refractivity contribution in [1.82, 2.24) is 19.9 Å². The van der Waals surface area contributed by atoms with E-state index in [9.17, 15) is 19.5 Å². The second-order valence-electron chi connectivity index (χ2n) is 8.06. The number of hydrogen-bond acceptors (Lipinski definition) is 10. The molecule has 184 valence electrons. The van der Waals surface area contributed by atoms with Crippen LogP contribution in [-0.2, 0) is 14.2 Å². The highest BCUT2D eigenvalue weighted by atomic mass is 16.6. The van der Waals surface area contributed by atoms with Gasteiger partial charge >= 0.3 is 11.9 Å². The molecule has 2 aromatic carbocycles. The minimum Gasteiger partial charge on any atom is -0.453 e. The lowest BCUT2D eigenvalue weighted by molar-refractivity contribution is -0.192. The number of nitrogens with zero attached hydrogens (tertiary/aromatic N) is 2. The number of benzene rings is 2. The molecule has 4 aromatic rings. The Morgan fingerprint density at radius 1 is 0.944 bits per heavy atom.